The van der Waals surface area contributed by atoms with E-state index in [2.05, 4.69) is 14.9 Å². The number of hydrogen-bond donors (Lipinski definition) is 1. The lowest BCUT2D eigenvalue weighted by Gasteiger charge is -2.23. The van der Waals surface area contributed by atoms with Crippen molar-refractivity contribution in [2.24, 2.45) is 5.73 Å². The molecule has 13 heavy (non-hydrogen) atoms. The molecular weight excluding hydrogens is 164 g/mol. The lowest BCUT2D eigenvalue weighted by Crippen LogP contribution is -2.35. The predicted molar refractivity (Wildman–Crippen MR) is 51.5 cm³/mol. The van der Waals surface area contributed by atoms with Crippen molar-refractivity contribution in [2.45, 2.75) is 18.9 Å². The first-order valence-corrected chi connectivity index (χ1v) is 4.64. The van der Waals surface area contributed by atoms with E-state index in [1.165, 1.54) is 12.8 Å². The monoisotopic (exact) mass is 178 g/mol. The largest absolute Gasteiger partial charge is 0.351 e. The molecule has 2 heterocycles. The number of nitrogens with zero attached hydrogens (tertiary/aromatic N) is 3. The van der Waals surface area contributed by atoms with Gasteiger partial charge in [0.05, 0.1) is 6.20 Å². The molecule has 0 unspecified atom stereocenters. The van der Waals surface area contributed by atoms with Gasteiger partial charge in [-0.05, 0) is 12.8 Å². The first-order valence-electron chi connectivity index (χ1n) is 4.64. The molecule has 1 atom stereocenters. The zero-order chi connectivity index (χ0) is 9.10. The summed E-state index contributed by atoms with van der Waals surface area (Å²) >= 11 is 0. The van der Waals surface area contributed by atoms with Crippen molar-refractivity contribution in [1.82, 2.24) is 9.97 Å². The van der Waals surface area contributed by atoms with E-state index in [0.29, 0.717) is 12.6 Å². The van der Waals surface area contributed by atoms with Crippen LogP contribution in [-0.4, -0.2) is 29.1 Å². The van der Waals surface area contributed by atoms with Crippen molar-refractivity contribution >= 4 is 5.82 Å². The minimum absolute atomic E-state index is 0.455. The van der Waals surface area contributed by atoms with E-state index in [1.807, 2.05) is 0 Å². The summed E-state index contributed by atoms with van der Waals surface area (Å²) in [5.74, 6) is 0.954. The first kappa shape index (κ1) is 8.44. The fraction of sp³-hybridized carbons (Fsp3) is 0.556. The van der Waals surface area contributed by atoms with Crippen molar-refractivity contribution in [3.8, 4) is 0 Å². The van der Waals surface area contributed by atoms with Crippen molar-refractivity contribution in [3.63, 3.8) is 0 Å². The van der Waals surface area contributed by atoms with Gasteiger partial charge in [0.1, 0.15) is 5.82 Å². The Bertz CT molecular complexity index is 262. The van der Waals surface area contributed by atoms with Gasteiger partial charge in [-0.2, -0.15) is 0 Å². The summed E-state index contributed by atoms with van der Waals surface area (Å²) in [4.78, 5) is 10.6. The SMILES string of the molecule is NC[C@@H]1CCCN1c1cnccn1. The Morgan fingerprint density at radius 2 is 2.46 bits per heavy atom. The van der Waals surface area contributed by atoms with E-state index in [1.54, 1.807) is 18.6 Å². The molecule has 0 saturated carbocycles. The van der Waals surface area contributed by atoms with E-state index >= 15 is 0 Å². The Morgan fingerprint density at radius 1 is 1.54 bits per heavy atom. The van der Waals surface area contributed by atoms with Crippen LogP contribution in [0.1, 0.15) is 12.8 Å². The van der Waals surface area contributed by atoms with Gasteiger partial charge in [-0.25, -0.2) is 4.98 Å². The minimum Gasteiger partial charge on any atom is -0.351 e. The van der Waals surface area contributed by atoms with E-state index in [9.17, 15) is 0 Å². The number of nitrogens with two attached hydrogens (primary N) is 1. The Hall–Kier alpha value is -1.16. The van der Waals surface area contributed by atoms with Crippen LogP contribution in [0.4, 0.5) is 5.82 Å². The van der Waals surface area contributed by atoms with Crippen molar-refractivity contribution in [2.75, 3.05) is 18.0 Å². The lowest BCUT2D eigenvalue weighted by molar-refractivity contribution is 0.670. The van der Waals surface area contributed by atoms with Crippen molar-refractivity contribution < 1.29 is 0 Å². The zero-order valence-electron chi connectivity index (χ0n) is 7.56. The summed E-state index contributed by atoms with van der Waals surface area (Å²) in [6, 6.07) is 0.455. The highest BCUT2D eigenvalue weighted by molar-refractivity contribution is 5.38. The highest BCUT2D eigenvalue weighted by Gasteiger charge is 2.23. The number of anilines is 1. The van der Waals surface area contributed by atoms with Gasteiger partial charge < -0.3 is 10.6 Å². The summed E-state index contributed by atoms with van der Waals surface area (Å²) in [6.45, 7) is 1.76. The summed E-state index contributed by atoms with van der Waals surface area (Å²) in [5, 5.41) is 0. The number of aromatic nitrogens is 2. The molecule has 0 spiro atoms. The van der Waals surface area contributed by atoms with Crippen LogP contribution in [0.5, 0.6) is 0 Å². The van der Waals surface area contributed by atoms with Crippen molar-refractivity contribution in [3.05, 3.63) is 18.6 Å². The van der Waals surface area contributed by atoms with E-state index in [4.69, 9.17) is 5.73 Å². The van der Waals surface area contributed by atoms with Gasteiger partial charge in [0.2, 0.25) is 0 Å². The van der Waals surface area contributed by atoms with Crippen molar-refractivity contribution in [1.29, 1.82) is 0 Å². The first-order chi connectivity index (χ1) is 6.42. The maximum absolute atomic E-state index is 5.67. The van der Waals surface area contributed by atoms with Gasteiger partial charge in [0, 0.05) is 31.5 Å². The second-order valence-electron chi connectivity index (χ2n) is 3.29. The normalized spacial score (nSPS) is 22.2. The molecule has 0 bridgehead atoms. The van der Waals surface area contributed by atoms with Crippen LogP contribution < -0.4 is 10.6 Å². The Morgan fingerprint density at radius 3 is 3.15 bits per heavy atom. The molecule has 0 aromatic carbocycles. The minimum atomic E-state index is 0.455. The molecule has 2 N–H and O–H groups in total. The Kier molecular flexibility index (Phi) is 2.40. The van der Waals surface area contributed by atoms with Gasteiger partial charge >= 0.3 is 0 Å². The van der Waals surface area contributed by atoms with Crippen LogP contribution >= 0.6 is 0 Å². The zero-order valence-corrected chi connectivity index (χ0v) is 7.56. The molecule has 0 amide bonds. The smallest absolute Gasteiger partial charge is 0.147 e. The highest BCUT2D eigenvalue weighted by Crippen LogP contribution is 2.21. The standard InChI is InChI=1S/C9H14N4/c10-6-8-2-1-5-13(8)9-7-11-3-4-12-9/h3-4,7-8H,1-2,5-6,10H2/t8-/m0/s1. The molecule has 4 nitrogen and oxygen atoms in total. The van der Waals surface area contributed by atoms with Gasteiger partial charge in [-0.1, -0.05) is 0 Å². The lowest BCUT2D eigenvalue weighted by atomic mass is 10.2. The maximum atomic E-state index is 5.67. The van der Waals surface area contributed by atoms with E-state index in [0.717, 1.165) is 12.4 Å². The molecule has 1 fully saturated rings. The predicted octanol–water partition coefficient (Wildman–Crippen LogP) is 0.404. The molecule has 4 heteroatoms. The Labute approximate surface area is 77.8 Å². The summed E-state index contributed by atoms with van der Waals surface area (Å²) < 4.78 is 0. The van der Waals surface area contributed by atoms with Crippen LogP contribution in [0.25, 0.3) is 0 Å². The van der Waals surface area contributed by atoms with E-state index < -0.39 is 0 Å². The van der Waals surface area contributed by atoms with Gasteiger partial charge in [0.15, 0.2) is 0 Å². The molecule has 1 aliphatic heterocycles. The van der Waals surface area contributed by atoms with Gasteiger partial charge in [0.25, 0.3) is 0 Å². The second kappa shape index (κ2) is 3.70. The quantitative estimate of drug-likeness (QED) is 0.712. The topological polar surface area (TPSA) is 55.0 Å². The molecule has 1 aromatic heterocycles. The molecule has 1 aromatic rings. The third kappa shape index (κ3) is 1.62. The third-order valence-corrected chi connectivity index (χ3v) is 2.49. The molecule has 1 saturated heterocycles. The third-order valence-electron chi connectivity index (χ3n) is 2.49. The van der Waals surface area contributed by atoms with Crippen LogP contribution in [-0.2, 0) is 0 Å². The van der Waals surface area contributed by atoms with E-state index in [-0.39, 0.29) is 0 Å². The van der Waals surface area contributed by atoms with Gasteiger partial charge in [-0.3, -0.25) is 4.98 Å². The number of rotatable bonds is 2. The molecule has 70 valence electrons. The molecular formula is C9H14N4. The molecule has 2 rings (SSSR count). The highest BCUT2D eigenvalue weighted by atomic mass is 15.2. The summed E-state index contributed by atoms with van der Waals surface area (Å²) in [7, 11) is 0. The summed E-state index contributed by atoms with van der Waals surface area (Å²) in [6.07, 6.45) is 7.59. The average Bonchev–Trinajstić information content (AvgIpc) is 2.67. The average molecular weight is 178 g/mol. The Balaban J connectivity index is 2.16. The molecule has 0 radical (unpaired) electrons. The molecule has 0 aliphatic carbocycles. The second-order valence-corrected chi connectivity index (χ2v) is 3.29. The van der Waals surface area contributed by atoms with Crippen LogP contribution in [0, 0.1) is 0 Å². The van der Waals surface area contributed by atoms with Crippen LogP contribution in [0.15, 0.2) is 18.6 Å². The number of hydrogen-bond acceptors (Lipinski definition) is 4. The van der Waals surface area contributed by atoms with Gasteiger partial charge in [-0.15, -0.1) is 0 Å². The maximum Gasteiger partial charge on any atom is 0.147 e. The van der Waals surface area contributed by atoms with Crippen LogP contribution in [0.3, 0.4) is 0 Å². The fourth-order valence-electron chi connectivity index (χ4n) is 1.82. The summed E-state index contributed by atoms with van der Waals surface area (Å²) in [5.41, 5.74) is 5.67. The fourth-order valence-corrected chi connectivity index (χ4v) is 1.82. The molecule has 1 aliphatic rings. The van der Waals surface area contributed by atoms with Crippen LogP contribution in [0.2, 0.25) is 0 Å².